The van der Waals surface area contributed by atoms with E-state index < -0.39 is 12.1 Å². The summed E-state index contributed by atoms with van der Waals surface area (Å²) in [5, 5.41) is 12.6. The van der Waals surface area contributed by atoms with Crippen LogP contribution in [0.25, 0.3) is 0 Å². The number of carbonyl (C=O) groups excluding carboxylic acids is 3. The van der Waals surface area contributed by atoms with Crippen LogP contribution in [-0.2, 0) is 9.59 Å². The summed E-state index contributed by atoms with van der Waals surface area (Å²) in [6.07, 6.45) is 1.78. The predicted octanol–water partition coefficient (Wildman–Crippen LogP) is 1.79. The summed E-state index contributed by atoms with van der Waals surface area (Å²) in [4.78, 5) is 44.8. The molecule has 1 fully saturated rings. The van der Waals surface area contributed by atoms with E-state index in [-0.39, 0.29) is 30.3 Å². The van der Waals surface area contributed by atoms with Gasteiger partial charge in [-0.25, -0.2) is 4.98 Å². The maximum absolute atomic E-state index is 13.1. The number of rotatable bonds is 7. The van der Waals surface area contributed by atoms with Crippen molar-refractivity contribution >= 4 is 17.7 Å². The molecule has 33 heavy (non-hydrogen) atoms. The Hall–Kier alpha value is -4.01. The number of benzene rings is 2. The summed E-state index contributed by atoms with van der Waals surface area (Å²) in [5.74, 6) is 0.212. The molecule has 0 spiro atoms. The number of nitrogens with one attached hydrogen (secondary N) is 3. The van der Waals surface area contributed by atoms with E-state index in [0.29, 0.717) is 22.8 Å². The quantitative estimate of drug-likeness (QED) is 0.513. The molecule has 2 heterocycles. The molecule has 1 saturated carbocycles. The summed E-state index contributed by atoms with van der Waals surface area (Å²) >= 11 is 0. The average molecular weight is 444 g/mol. The van der Waals surface area contributed by atoms with Gasteiger partial charge in [0.15, 0.2) is 5.82 Å². The monoisotopic (exact) mass is 444 g/mol. The van der Waals surface area contributed by atoms with Gasteiger partial charge in [-0.15, -0.1) is 0 Å². The van der Waals surface area contributed by atoms with Gasteiger partial charge in [0.2, 0.25) is 11.8 Å². The zero-order valence-electron chi connectivity index (χ0n) is 18.1. The highest BCUT2D eigenvalue weighted by atomic mass is 16.2. The van der Waals surface area contributed by atoms with Crippen molar-refractivity contribution in [3.05, 3.63) is 82.9 Å². The fourth-order valence-electron chi connectivity index (χ4n) is 4.24. The van der Waals surface area contributed by atoms with Crippen LogP contribution in [0.5, 0.6) is 0 Å². The summed E-state index contributed by atoms with van der Waals surface area (Å²) in [7, 11) is 0. The third-order valence-corrected chi connectivity index (χ3v) is 5.92. The highest BCUT2D eigenvalue weighted by molar-refractivity contribution is 6.05. The Balaban J connectivity index is 1.29. The Morgan fingerprint density at radius 2 is 1.85 bits per heavy atom. The van der Waals surface area contributed by atoms with Crippen molar-refractivity contribution in [2.75, 3.05) is 6.54 Å². The first kappa shape index (κ1) is 20.9. The van der Waals surface area contributed by atoms with Crippen LogP contribution >= 0.6 is 0 Å². The normalized spacial score (nSPS) is 18.0. The van der Waals surface area contributed by atoms with Crippen LogP contribution < -0.4 is 10.6 Å². The molecule has 5 rings (SSSR count). The third kappa shape index (κ3) is 4.09. The van der Waals surface area contributed by atoms with Crippen LogP contribution in [0.2, 0.25) is 0 Å². The van der Waals surface area contributed by atoms with Gasteiger partial charge in [0, 0.05) is 11.6 Å². The van der Waals surface area contributed by atoms with Crippen LogP contribution in [-0.4, -0.2) is 50.4 Å². The molecule has 9 nitrogen and oxygen atoms in total. The first-order valence-corrected chi connectivity index (χ1v) is 11.0. The van der Waals surface area contributed by atoms with Gasteiger partial charge in [0.25, 0.3) is 5.91 Å². The molecule has 0 radical (unpaired) electrons. The van der Waals surface area contributed by atoms with Crippen molar-refractivity contribution in [1.29, 1.82) is 0 Å². The average Bonchev–Trinajstić information content (AvgIpc) is 3.51. The van der Waals surface area contributed by atoms with Crippen molar-refractivity contribution in [1.82, 2.24) is 30.7 Å². The maximum Gasteiger partial charge on any atom is 0.255 e. The summed E-state index contributed by atoms with van der Waals surface area (Å²) in [6, 6.07) is 15.4. The second kappa shape index (κ2) is 8.50. The summed E-state index contributed by atoms with van der Waals surface area (Å²) in [6.45, 7) is 1.56. The van der Waals surface area contributed by atoms with E-state index in [9.17, 15) is 14.4 Å². The first-order valence-electron chi connectivity index (χ1n) is 11.0. The molecule has 1 aromatic heterocycles. The Bertz CT molecular complexity index is 1200. The molecular formula is C24H24N6O3. The smallest absolute Gasteiger partial charge is 0.255 e. The molecule has 1 aliphatic carbocycles. The minimum absolute atomic E-state index is 0.0749. The lowest BCUT2D eigenvalue weighted by atomic mass is 10.0. The number of H-pyrrole nitrogens is 1. The van der Waals surface area contributed by atoms with Crippen molar-refractivity contribution in [3.63, 3.8) is 0 Å². The fourth-order valence-corrected chi connectivity index (χ4v) is 4.24. The molecule has 2 aliphatic rings. The molecule has 0 bridgehead atoms. The number of aromatic nitrogens is 3. The van der Waals surface area contributed by atoms with Gasteiger partial charge in [-0.1, -0.05) is 48.5 Å². The summed E-state index contributed by atoms with van der Waals surface area (Å²) < 4.78 is 0. The number of carbonyl (C=O) groups is 3. The molecule has 2 aromatic carbocycles. The number of aryl methyl sites for hydroxylation is 1. The predicted molar refractivity (Wildman–Crippen MR) is 119 cm³/mol. The van der Waals surface area contributed by atoms with Gasteiger partial charge in [-0.2, -0.15) is 5.10 Å². The highest BCUT2D eigenvalue weighted by Gasteiger charge is 2.47. The molecule has 1 aliphatic heterocycles. The van der Waals surface area contributed by atoms with Gasteiger partial charge in [-0.05, 0) is 37.0 Å². The number of hydrogen-bond acceptors (Lipinski definition) is 5. The highest BCUT2D eigenvalue weighted by Crippen LogP contribution is 2.41. The fraction of sp³-hybridized carbons (Fsp3) is 0.292. The Labute approximate surface area is 190 Å². The van der Waals surface area contributed by atoms with Gasteiger partial charge in [0.1, 0.15) is 17.9 Å². The van der Waals surface area contributed by atoms with Gasteiger partial charge in [0.05, 0.1) is 6.54 Å². The molecule has 3 N–H and O–H groups in total. The van der Waals surface area contributed by atoms with Gasteiger partial charge in [-0.3, -0.25) is 19.5 Å². The van der Waals surface area contributed by atoms with E-state index in [0.717, 1.165) is 18.4 Å². The molecule has 0 saturated heterocycles. The van der Waals surface area contributed by atoms with Crippen LogP contribution in [0, 0.1) is 6.92 Å². The molecular weight excluding hydrogens is 420 g/mol. The largest absolute Gasteiger partial charge is 0.345 e. The third-order valence-electron chi connectivity index (χ3n) is 5.92. The van der Waals surface area contributed by atoms with E-state index in [1.54, 1.807) is 30.0 Å². The van der Waals surface area contributed by atoms with E-state index in [1.165, 1.54) is 0 Å². The SMILES string of the molecule is Cc1nc(C(NC(=O)CNC(=O)C2c3ccccc3C(=O)N2C2CC2)c2ccccc2)n[nH]1. The van der Waals surface area contributed by atoms with Crippen LogP contribution in [0.15, 0.2) is 54.6 Å². The van der Waals surface area contributed by atoms with Crippen LogP contribution in [0.1, 0.15) is 58.1 Å². The van der Waals surface area contributed by atoms with Crippen molar-refractivity contribution in [3.8, 4) is 0 Å². The van der Waals surface area contributed by atoms with Crippen LogP contribution in [0.4, 0.5) is 0 Å². The van der Waals surface area contributed by atoms with Gasteiger partial charge < -0.3 is 15.5 Å². The Morgan fingerprint density at radius 1 is 1.12 bits per heavy atom. The van der Waals surface area contributed by atoms with Crippen LogP contribution in [0.3, 0.4) is 0 Å². The van der Waals surface area contributed by atoms with E-state index >= 15 is 0 Å². The van der Waals surface area contributed by atoms with E-state index in [2.05, 4.69) is 25.8 Å². The van der Waals surface area contributed by atoms with Gasteiger partial charge >= 0.3 is 0 Å². The number of hydrogen-bond donors (Lipinski definition) is 3. The van der Waals surface area contributed by atoms with Crippen molar-refractivity contribution in [2.45, 2.75) is 37.9 Å². The zero-order chi connectivity index (χ0) is 22.9. The van der Waals surface area contributed by atoms with E-state index in [1.807, 2.05) is 36.4 Å². The molecule has 9 heteroatoms. The minimum Gasteiger partial charge on any atom is -0.345 e. The number of amides is 3. The Kier molecular flexibility index (Phi) is 5.37. The standard InChI is InChI=1S/C24H24N6O3/c1-14-26-22(29-28-14)20(15-7-3-2-4-8-15)27-19(31)13-25-23(32)21-17-9-5-6-10-18(17)24(33)30(21)16-11-12-16/h2-10,16,20-21H,11-13H2,1H3,(H,25,32)(H,27,31)(H,26,28,29). The second-order valence-corrected chi connectivity index (χ2v) is 8.34. The molecule has 168 valence electrons. The first-order chi connectivity index (χ1) is 16.0. The topological polar surface area (TPSA) is 120 Å². The molecule has 2 unspecified atom stereocenters. The number of aromatic amines is 1. The van der Waals surface area contributed by atoms with Crippen molar-refractivity contribution in [2.24, 2.45) is 0 Å². The Morgan fingerprint density at radius 3 is 2.55 bits per heavy atom. The van der Waals surface area contributed by atoms with Crippen molar-refractivity contribution < 1.29 is 14.4 Å². The maximum atomic E-state index is 13.1. The lowest BCUT2D eigenvalue weighted by Crippen LogP contribution is -2.44. The lowest BCUT2D eigenvalue weighted by molar-refractivity contribution is -0.129. The molecule has 3 aromatic rings. The zero-order valence-corrected chi connectivity index (χ0v) is 18.1. The second-order valence-electron chi connectivity index (χ2n) is 8.34. The number of fused-ring (bicyclic) bond motifs is 1. The minimum atomic E-state index is -0.713. The molecule has 2 atom stereocenters. The lowest BCUT2D eigenvalue weighted by Gasteiger charge is -2.24. The molecule has 3 amide bonds. The number of nitrogens with zero attached hydrogens (tertiary/aromatic N) is 3. The summed E-state index contributed by atoms with van der Waals surface area (Å²) in [5.41, 5.74) is 2.06. The van der Waals surface area contributed by atoms with E-state index in [4.69, 9.17) is 0 Å².